The smallest absolute Gasteiger partial charge is 0.329 e. The van der Waals surface area contributed by atoms with Crippen LogP contribution in [-0.4, -0.2) is 42.0 Å². The number of likely N-dealkylation sites (N-methyl/N-ethyl adjacent to an activating group) is 1. The van der Waals surface area contributed by atoms with Crippen LogP contribution in [0.1, 0.15) is 36.6 Å². The second kappa shape index (κ2) is 9.57. The zero-order valence-electron chi connectivity index (χ0n) is 17.5. The van der Waals surface area contributed by atoms with E-state index in [9.17, 15) is 19.2 Å². The molecule has 9 nitrogen and oxygen atoms in total. The lowest BCUT2D eigenvalue weighted by molar-refractivity contribution is -0.147. The highest BCUT2D eigenvalue weighted by atomic mass is 16.5. The van der Waals surface area contributed by atoms with Crippen molar-refractivity contribution in [3.63, 3.8) is 0 Å². The van der Waals surface area contributed by atoms with Crippen LogP contribution in [0.2, 0.25) is 0 Å². The largest absolute Gasteiger partial charge is 0.464 e. The first kappa shape index (κ1) is 22.2. The highest BCUT2D eigenvalue weighted by molar-refractivity contribution is 5.94. The molecular formula is C22H26N4O5. The number of nitrogens with one attached hydrogen (secondary N) is 2. The van der Waals surface area contributed by atoms with Crippen molar-refractivity contribution in [1.29, 1.82) is 0 Å². The Morgan fingerprint density at radius 1 is 1.19 bits per heavy atom. The molecule has 0 radical (unpaired) electrons. The van der Waals surface area contributed by atoms with Crippen molar-refractivity contribution in [3.8, 4) is 0 Å². The lowest BCUT2D eigenvalue weighted by atomic mass is 10.0. The van der Waals surface area contributed by atoms with Gasteiger partial charge in [0.2, 0.25) is 11.8 Å². The summed E-state index contributed by atoms with van der Waals surface area (Å²) in [7, 11) is 1.62. The third-order valence-corrected chi connectivity index (χ3v) is 5.45. The molecule has 0 fully saturated rings. The van der Waals surface area contributed by atoms with Crippen LogP contribution >= 0.6 is 0 Å². The average Bonchev–Trinajstić information content (AvgIpc) is 3.16. The molecule has 0 saturated carbocycles. The van der Waals surface area contributed by atoms with Crippen molar-refractivity contribution in [2.45, 2.75) is 37.8 Å². The number of benzene rings is 1. The fraction of sp³-hybridized carbons (Fsp3) is 0.364. The quantitative estimate of drug-likeness (QED) is 0.532. The Kier molecular flexibility index (Phi) is 6.86. The minimum atomic E-state index is -0.991. The predicted molar refractivity (Wildman–Crippen MR) is 115 cm³/mol. The van der Waals surface area contributed by atoms with Gasteiger partial charge in [-0.3, -0.25) is 19.0 Å². The second-order valence-corrected chi connectivity index (χ2v) is 7.46. The highest BCUT2D eigenvalue weighted by Crippen LogP contribution is 2.35. The number of pyridine rings is 1. The minimum absolute atomic E-state index is 0.0167. The van der Waals surface area contributed by atoms with Gasteiger partial charge in [-0.2, -0.15) is 0 Å². The van der Waals surface area contributed by atoms with Crippen LogP contribution in [0.25, 0.3) is 0 Å². The van der Waals surface area contributed by atoms with Crippen molar-refractivity contribution >= 4 is 23.5 Å². The van der Waals surface area contributed by atoms with Gasteiger partial charge in [0.15, 0.2) is 0 Å². The molecule has 164 valence electrons. The van der Waals surface area contributed by atoms with Crippen LogP contribution in [-0.2, 0) is 25.5 Å². The zero-order valence-corrected chi connectivity index (χ0v) is 17.5. The van der Waals surface area contributed by atoms with Gasteiger partial charge in [0.1, 0.15) is 11.7 Å². The number of hydrogen-bond acceptors (Lipinski definition) is 6. The maximum absolute atomic E-state index is 13.1. The van der Waals surface area contributed by atoms with Gasteiger partial charge >= 0.3 is 5.97 Å². The molecule has 0 spiro atoms. The van der Waals surface area contributed by atoms with E-state index in [2.05, 4.69) is 10.6 Å². The molecule has 31 heavy (non-hydrogen) atoms. The topological polar surface area (TPSA) is 133 Å². The number of carbonyl (C=O) groups is 3. The maximum atomic E-state index is 13.1. The molecule has 1 aromatic heterocycles. The molecule has 1 aliphatic heterocycles. The van der Waals surface area contributed by atoms with Crippen molar-refractivity contribution in [2.75, 3.05) is 19.0 Å². The van der Waals surface area contributed by atoms with E-state index in [0.29, 0.717) is 12.1 Å². The third kappa shape index (κ3) is 4.83. The molecule has 3 atom stereocenters. The first-order chi connectivity index (χ1) is 14.8. The van der Waals surface area contributed by atoms with Gasteiger partial charge in [-0.15, -0.1) is 0 Å². The van der Waals surface area contributed by atoms with Crippen LogP contribution in [0.5, 0.6) is 0 Å². The summed E-state index contributed by atoms with van der Waals surface area (Å²) in [6, 6.07) is 11.0. The Hall–Kier alpha value is -3.46. The van der Waals surface area contributed by atoms with E-state index >= 15 is 0 Å². The number of primary amides is 1. The summed E-state index contributed by atoms with van der Waals surface area (Å²) < 4.78 is 6.61. The molecule has 1 aliphatic rings. The summed E-state index contributed by atoms with van der Waals surface area (Å²) in [6.45, 7) is 1.79. The Balaban J connectivity index is 1.82. The Morgan fingerprint density at radius 3 is 2.55 bits per heavy atom. The lowest BCUT2D eigenvalue weighted by Crippen LogP contribution is -2.38. The molecular weight excluding hydrogens is 400 g/mol. The number of carbonyl (C=O) groups excluding carboxylic acids is 3. The van der Waals surface area contributed by atoms with Gasteiger partial charge in [-0.05, 0) is 38.1 Å². The van der Waals surface area contributed by atoms with Crippen LogP contribution in [0.15, 0.2) is 47.3 Å². The third-order valence-electron chi connectivity index (χ3n) is 5.45. The number of ether oxygens (including phenoxy) is 1. The zero-order chi connectivity index (χ0) is 22.5. The average molecular weight is 426 g/mol. The van der Waals surface area contributed by atoms with Gasteiger partial charge in [0, 0.05) is 12.1 Å². The van der Waals surface area contributed by atoms with Gasteiger partial charge < -0.3 is 21.1 Å². The molecule has 0 bridgehead atoms. The molecule has 4 N–H and O–H groups in total. The van der Waals surface area contributed by atoms with Gasteiger partial charge in [-0.1, -0.05) is 30.3 Å². The summed E-state index contributed by atoms with van der Waals surface area (Å²) in [4.78, 5) is 49.9. The van der Waals surface area contributed by atoms with Crippen LogP contribution in [0.3, 0.4) is 0 Å². The van der Waals surface area contributed by atoms with E-state index in [1.807, 2.05) is 30.3 Å². The van der Waals surface area contributed by atoms with Gasteiger partial charge in [0.05, 0.1) is 18.6 Å². The first-order valence-electron chi connectivity index (χ1n) is 10.1. The Labute approximate surface area is 179 Å². The number of aromatic nitrogens is 1. The molecule has 2 amide bonds. The van der Waals surface area contributed by atoms with E-state index < -0.39 is 41.3 Å². The summed E-state index contributed by atoms with van der Waals surface area (Å²) in [5, 5.41) is 5.34. The standard InChI is InChI=1S/C22H26N4O5/c1-13(24-2)20(28)25-16-8-9-17-15(19(23)27)12-18(26(17)21(16)29)22(30)31-11-10-14-6-4-3-5-7-14/h3-9,13,15,18,24H,10-12H2,1-2H3,(H2,23,27)(H,25,28)/t13-,15?,18?/m0/s1. The highest BCUT2D eigenvalue weighted by Gasteiger charge is 2.40. The Bertz CT molecular complexity index is 1030. The number of amides is 2. The number of nitrogens with zero attached hydrogens (tertiary/aromatic N) is 1. The number of anilines is 1. The molecule has 9 heteroatoms. The van der Waals surface area contributed by atoms with E-state index in [1.54, 1.807) is 14.0 Å². The van der Waals surface area contributed by atoms with Crippen molar-refractivity contribution < 1.29 is 19.1 Å². The molecule has 0 saturated heterocycles. The summed E-state index contributed by atoms with van der Waals surface area (Å²) in [6.07, 6.45) is 0.567. The monoisotopic (exact) mass is 426 g/mol. The summed E-state index contributed by atoms with van der Waals surface area (Å²) in [5.41, 5.74) is 6.28. The predicted octanol–water partition coefficient (Wildman–Crippen LogP) is 0.694. The molecule has 2 heterocycles. The normalized spacial score (nSPS) is 18.1. The molecule has 2 unspecified atom stereocenters. The van der Waals surface area contributed by atoms with E-state index in [4.69, 9.17) is 10.5 Å². The van der Waals surface area contributed by atoms with E-state index in [-0.39, 0.29) is 18.7 Å². The number of hydrogen-bond donors (Lipinski definition) is 3. The number of esters is 1. The van der Waals surface area contributed by atoms with Crippen molar-refractivity contribution in [1.82, 2.24) is 9.88 Å². The molecule has 0 aliphatic carbocycles. The summed E-state index contributed by atoms with van der Waals surface area (Å²) in [5.74, 6) is -2.43. The first-order valence-corrected chi connectivity index (χ1v) is 10.1. The van der Waals surface area contributed by atoms with Gasteiger partial charge in [-0.25, -0.2) is 4.79 Å². The van der Waals surface area contributed by atoms with Crippen molar-refractivity contribution in [2.24, 2.45) is 5.73 Å². The molecule has 3 rings (SSSR count). The van der Waals surface area contributed by atoms with Crippen LogP contribution in [0, 0.1) is 0 Å². The SMILES string of the molecule is CN[C@@H](C)C(=O)Nc1ccc2n(c1=O)C(C(=O)OCCc1ccccc1)CC2C(N)=O. The second-order valence-electron chi connectivity index (χ2n) is 7.46. The fourth-order valence-electron chi connectivity index (χ4n) is 3.56. The van der Waals surface area contributed by atoms with Crippen LogP contribution < -0.4 is 21.9 Å². The minimum Gasteiger partial charge on any atom is -0.464 e. The number of nitrogens with two attached hydrogens (primary N) is 1. The molecule has 2 aromatic rings. The number of fused-ring (bicyclic) bond motifs is 1. The van der Waals surface area contributed by atoms with Crippen molar-refractivity contribution in [3.05, 3.63) is 64.1 Å². The van der Waals surface area contributed by atoms with Gasteiger partial charge in [0.25, 0.3) is 5.56 Å². The Morgan fingerprint density at radius 2 is 1.90 bits per heavy atom. The van der Waals surface area contributed by atoms with E-state index in [0.717, 1.165) is 5.56 Å². The number of rotatable bonds is 8. The molecule has 1 aromatic carbocycles. The lowest BCUT2D eigenvalue weighted by Gasteiger charge is -2.16. The fourth-order valence-corrected chi connectivity index (χ4v) is 3.56. The van der Waals surface area contributed by atoms with Crippen LogP contribution in [0.4, 0.5) is 5.69 Å². The summed E-state index contributed by atoms with van der Waals surface area (Å²) >= 11 is 0. The van der Waals surface area contributed by atoms with E-state index in [1.165, 1.54) is 16.7 Å². The maximum Gasteiger partial charge on any atom is 0.329 e.